The number of Topliss-reactive ketones (excluding diaryl/α,β-unsaturated/α-hetero) is 2. The van der Waals surface area contributed by atoms with Crippen molar-refractivity contribution in [1.29, 1.82) is 0 Å². The monoisotopic (exact) mass is 464 g/mol. The minimum Gasteiger partial charge on any atom is -0.382 e. The lowest BCUT2D eigenvalue weighted by molar-refractivity contribution is -0.0917. The van der Waals surface area contributed by atoms with Gasteiger partial charge in [-0.1, -0.05) is 48.5 Å². The molecule has 4 N–H and O–H groups in total. The normalized spacial score (nSPS) is 22.9. The maximum atomic E-state index is 13.6. The second-order valence-corrected chi connectivity index (χ2v) is 8.31. The van der Waals surface area contributed by atoms with Crippen molar-refractivity contribution >= 4 is 17.5 Å². The summed E-state index contributed by atoms with van der Waals surface area (Å²) < 4.78 is 6.77. The molecule has 2 aromatic carbocycles. The molecule has 1 fully saturated rings. The predicted molar refractivity (Wildman–Crippen MR) is 121 cm³/mol. The highest BCUT2D eigenvalue weighted by atomic mass is 16.6. The van der Waals surface area contributed by atoms with Crippen LogP contribution < -0.4 is 11.4 Å². The van der Waals surface area contributed by atoms with Gasteiger partial charge in [-0.05, 0) is 25.0 Å². The summed E-state index contributed by atoms with van der Waals surface area (Å²) in [6, 6.07) is 13.2. The van der Waals surface area contributed by atoms with E-state index in [9.17, 15) is 24.6 Å². The lowest BCUT2D eigenvalue weighted by atomic mass is 9.81. The highest BCUT2D eigenvalue weighted by Crippen LogP contribution is 2.41. The average Bonchev–Trinajstić information content (AvgIpc) is 3.16. The van der Waals surface area contributed by atoms with Crippen molar-refractivity contribution in [3.05, 3.63) is 87.6 Å². The molecule has 1 unspecified atom stereocenters. The van der Waals surface area contributed by atoms with Gasteiger partial charge in [0.2, 0.25) is 5.95 Å². The Kier molecular flexibility index (Phi) is 6.13. The molecule has 10 nitrogen and oxygen atoms in total. The van der Waals surface area contributed by atoms with Gasteiger partial charge in [-0.25, -0.2) is 9.78 Å². The Morgan fingerprint density at radius 3 is 2.29 bits per heavy atom. The van der Waals surface area contributed by atoms with Crippen molar-refractivity contribution in [3.8, 4) is 0 Å². The number of benzene rings is 2. The molecule has 0 radical (unpaired) electrons. The van der Waals surface area contributed by atoms with Crippen molar-refractivity contribution in [1.82, 2.24) is 14.5 Å². The van der Waals surface area contributed by atoms with Crippen LogP contribution in [-0.4, -0.2) is 54.1 Å². The molecule has 4 atom stereocenters. The number of aryl methyl sites for hydroxylation is 2. The molecule has 1 aliphatic heterocycles. The fraction of sp³-hybridized carbons (Fsp3) is 0.292. The molecule has 2 heterocycles. The number of carbonyl (C=O) groups is 2. The van der Waals surface area contributed by atoms with Crippen molar-refractivity contribution in [3.63, 3.8) is 0 Å². The molecule has 1 saturated heterocycles. The third kappa shape index (κ3) is 4.03. The van der Waals surface area contributed by atoms with Crippen LogP contribution in [0.2, 0.25) is 0 Å². The second kappa shape index (κ2) is 8.90. The molecule has 0 saturated carbocycles. The quantitative estimate of drug-likeness (QED) is 0.452. The Balaban J connectivity index is 1.78. The molecule has 4 rings (SSSR count). The Morgan fingerprint density at radius 1 is 1.12 bits per heavy atom. The summed E-state index contributed by atoms with van der Waals surface area (Å²) in [6.07, 6.45) is -4.13. The van der Waals surface area contributed by atoms with Crippen molar-refractivity contribution in [2.45, 2.75) is 44.3 Å². The van der Waals surface area contributed by atoms with E-state index in [-0.39, 0.29) is 17.1 Å². The number of carbonyl (C=O) groups excluding carboxylic acids is 2. The van der Waals surface area contributed by atoms with Crippen molar-refractivity contribution in [2.24, 2.45) is 0 Å². The molecule has 0 bridgehead atoms. The Hall–Kier alpha value is -3.73. The molecular weight excluding hydrogens is 440 g/mol. The number of ether oxygens (including phenoxy) is 1. The van der Waals surface area contributed by atoms with Gasteiger partial charge in [0.1, 0.15) is 24.8 Å². The first-order chi connectivity index (χ1) is 16.1. The lowest BCUT2D eigenvalue weighted by Gasteiger charge is -2.30. The topological polar surface area (TPSA) is 158 Å². The smallest absolute Gasteiger partial charge is 0.354 e. The van der Waals surface area contributed by atoms with E-state index < -0.39 is 47.7 Å². The number of rotatable bonds is 6. The molecule has 0 aliphatic carbocycles. The standard InChI is InChI=1S/C24H24N4O6/c1-13-7-3-5-9-15(13)18(29)19(30)21-24(33,20(31)16-10-6-4-8-14(16)2)11-17(34-21)28-12-26-22(25)27-23(28)32/h3-10,12,17,19,21,30,33H,11H2,1-2H3,(H2,25,27,32)/t17-,19?,21+,24+/m0/s1. The Bertz CT molecular complexity index is 1320. The summed E-state index contributed by atoms with van der Waals surface area (Å²) in [5.41, 5.74) is 3.94. The lowest BCUT2D eigenvalue weighted by Crippen LogP contribution is -2.54. The highest BCUT2D eigenvalue weighted by molar-refractivity contribution is 6.06. The van der Waals surface area contributed by atoms with E-state index in [0.717, 1.165) is 10.9 Å². The Morgan fingerprint density at radius 2 is 1.71 bits per heavy atom. The minimum atomic E-state index is -2.32. The van der Waals surface area contributed by atoms with Gasteiger partial charge < -0.3 is 20.7 Å². The van der Waals surface area contributed by atoms with Gasteiger partial charge in [0.05, 0.1) is 0 Å². The molecule has 3 aromatic rings. The second-order valence-electron chi connectivity index (χ2n) is 8.31. The number of hydrogen-bond acceptors (Lipinski definition) is 9. The van der Waals surface area contributed by atoms with Gasteiger partial charge in [-0.15, -0.1) is 0 Å². The third-order valence-electron chi connectivity index (χ3n) is 6.06. The fourth-order valence-corrected chi connectivity index (χ4v) is 4.19. The first-order valence-corrected chi connectivity index (χ1v) is 10.6. The van der Waals surface area contributed by atoms with Crippen molar-refractivity contribution < 1.29 is 24.5 Å². The van der Waals surface area contributed by atoms with Crippen LogP contribution in [0.1, 0.15) is 44.5 Å². The van der Waals surface area contributed by atoms with Crippen LogP contribution in [0, 0.1) is 13.8 Å². The van der Waals surface area contributed by atoms with E-state index in [4.69, 9.17) is 10.5 Å². The van der Waals surface area contributed by atoms with Gasteiger partial charge in [-0.3, -0.25) is 14.2 Å². The summed E-state index contributed by atoms with van der Waals surface area (Å²) >= 11 is 0. The number of ketones is 2. The number of anilines is 1. The third-order valence-corrected chi connectivity index (χ3v) is 6.06. The van der Waals surface area contributed by atoms with E-state index in [1.807, 2.05) is 0 Å². The van der Waals surface area contributed by atoms with Gasteiger partial charge in [-0.2, -0.15) is 4.98 Å². The van der Waals surface area contributed by atoms with Crippen LogP contribution >= 0.6 is 0 Å². The van der Waals surface area contributed by atoms with E-state index in [2.05, 4.69) is 9.97 Å². The van der Waals surface area contributed by atoms with Crippen LogP contribution in [0.5, 0.6) is 0 Å². The van der Waals surface area contributed by atoms with Gasteiger partial charge in [0.15, 0.2) is 17.2 Å². The maximum absolute atomic E-state index is 13.6. The summed E-state index contributed by atoms with van der Waals surface area (Å²) in [5, 5.41) is 22.7. The SMILES string of the molecule is Cc1ccccc1C(=O)C(O)[C@H]1O[C@H](n2cnc(N)nc2=O)C[C@@]1(O)C(=O)c1ccccc1C. The van der Waals surface area contributed by atoms with Crippen LogP contribution in [0.4, 0.5) is 5.95 Å². The Labute approximate surface area is 194 Å². The number of aliphatic hydroxyl groups excluding tert-OH is 1. The molecule has 1 aliphatic rings. The molecule has 34 heavy (non-hydrogen) atoms. The zero-order valence-corrected chi connectivity index (χ0v) is 18.6. The van der Waals surface area contributed by atoms with Gasteiger partial charge in [0, 0.05) is 17.5 Å². The minimum absolute atomic E-state index is 0.204. The van der Waals surface area contributed by atoms with E-state index in [0.29, 0.717) is 11.1 Å². The molecule has 1 aromatic heterocycles. The molecule has 10 heteroatoms. The zero-order valence-electron chi connectivity index (χ0n) is 18.6. The number of aliphatic hydroxyl groups is 2. The summed E-state index contributed by atoms with van der Waals surface area (Å²) in [7, 11) is 0. The number of aromatic nitrogens is 3. The maximum Gasteiger partial charge on any atom is 0.354 e. The van der Waals surface area contributed by atoms with Crippen LogP contribution in [-0.2, 0) is 4.74 Å². The van der Waals surface area contributed by atoms with Crippen molar-refractivity contribution in [2.75, 3.05) is 5.73 Å². The number of nitrogen functional groups attached to an aromatic ring is 1. The van der Waals surface area contributed by atoms with Crippen LogP contribution in [0.15, 0.2) is 59.7 Å². The summed E-state index contributed by atoms with van der Waals surface area (Å²) in [4.78, 5) is 46.4. The first kappa shape index (κ1) is 23.4. The van der Waals surface area contributed by atoms with E-state index in [1.54, 1.807) is 50.2 Å². The molecule has 0 spiro atoms. The highest BCUT2D eigenvalue weighted by Gasteiger charge is 2.58. The van der Waals surface area contributed by atoms with Crippen LogP contribution in [0.3, 0.4) is 0 Å². The van der Waals surface area contributed by atoms with Gasteiger partial charge in [0.25, 0.3) is 0 Å². The van der Waals surface area contributed by atoms with E-state index >= 15 is 0 Å². The molecule has 0 amide bonds. The zero-order chi connectivity index (χ0) is 24.6. The number of nitrogens with two attached hydrogens (primary N) is 1. The molecule has 176 valence electrons. The molecular formula is C24H24N4O6. The van der Waals surface area contributed by atoms with Gasteiger partial charge >= 0.3 is 5.69 Å². The summed E-state index contributed by atoms with van der Waals surface area (Å²) in [5.74, 6) is -1.71. The largest absolute Gasteiger partial charge is 0.382 e. The van der Waals surface area contributed by atoms with E-state index in [1.165, 1.54) is 12.1 Å². The van der Waals surface area contributed by atoms with Crippen LogP contribution in [0.25, 0.3) is 0 Å². The average molecular weight is 464 g/mol. The first-order valence-electron chi connectivity index (χ1n) is 10.6. The number of nitrogens with zero attached hydrogens (tertiary/aromatic N) is 3. The summed E-state index contributed by atoms with van der Waals surface area (Å²) in [6.45, 7) is 3.40. The fourth-order valence-electron chi connectivity index (χ4n) is 4.19. The predicted octanol–water partition coefficient (Wildman–Crippen LogP) is 0.983. The number of hydrogen-bond donors (Lipinski definition) is 3.